The van der Waals surface area contributed by atoms with Crippen molar-refractivity contribution in [2.75, 3.05) is 18.5 Å². The van der Waals surface area contributed by atoms with Crippen LogP contribution in [0.5, 0.6) is 5.75 Å². The first-order chi connectivity index (χ1) is 13.2. The highest BCUT2D eigenvalue weighted by Gasteiger charge is 2.38. The normalized spacial score (nSPS) is 24.2. The number of nitrogens with zero attached hydrogens (tertiary/aromatic N) is 1. The molecule has 3 rings (SSSR count). The molecule has 0 bridgehead atoms. The molecule has 154 valence electrons. The van der Waals surface area contributed by atoms with Gasteiger partial charge in [-0.25, -0.2) is 4.79 Å². The first kappa shape index (κ1) is 20.7. The van der Waals surface area contributed by atoms with E-state index in [0.29, 0.717) is 24.7 Å². The smallest absolute Gasteiger partial charge is 0.410 e. The minimum absolute atomic E-state index is 0.113. The molecule has 28 heavy (non-hydrogen) atoms. The Morgan fingerprint density at radius 1 is 1.39 bits per heavy atom. The quantitative estimate of drug-likeness (QED) is 0.651. The number of amides is 1. The SMILES string of the molecule is C[C@H]1[C@@H](NC(=S)Nc2cccc3c2CCO3)[C@@H](N)CCN1C(=O)OC(C)(C)C. The van der Waals surface area contributed by atoms with Crippen LogP contribution in [0, 0.1) is 0 Å². The van der Waals surface area contributed by atoms with E-state index in [9.17, 15) is 4.79 Å². The van der Waals surface area contributed by atoms with Crippen molar-refractivity contribution in [2.24, 2.45) is 5.73 Å². The molecule has 2 heterocycles. The summed E-state index contributed by atoms with van der Waals surface area (Å²) in [4.78, 5) is 14.3. The molecular formula is C20H30N4O3S. The summed E-state index contributed by atoms with van der Waals surface area (Å²) >= 11 is 5.53. The zero-order valence-electron chi connectivity index (χ0n) is 17.0. The number of carbonyl (C=O) groups is 1. The molecule has 1 amide bonds. The average molecular weight is 407 g/mol. The first-order valence-corrected chi connectivity index (χ1v) is 10.1. The third-order valence-corrected chi connectivity index (χ3v) is 5.31. The molecule has 2 aliphatic heterocycles. The monoisotopic (exact) mass is 406 g/mol. The highest BCUT2D eigenvalue weighted by molar-refractivity contribution is 7.80. The molecule has 0 radical (unpaired) electrons. The van der Waals surface area contributed by atoms with Crippen LogP contribution in [-0.4, -0.2) is 53.0 Å². The standard InChI is InChI=1S/C20H30N4O3S/c1-12-17(14(21)8-10-24(12)19(25)27-20(2,3)4)23-18(28)22-15-6-5-7-16-13(15)9-11-26-16/h5-7,12,14,17H,8-11,21H2,1-4H3,(H2,22,23,28)/t12-,14-,17+/m0/s1. The predicted octanol–water partition coefficient (Wildman–Crippen LogP) is 2.63. The molecule has 7 nitrogen and oxygen atoms in total. The van der Waals surface area contributed by atoms with Gasteiger partial charge in [0.25, 0.3) is 0 Å². The Balaban J connectivity index is 1.65. The lowest BCUT2D eigenvalue weighted by atomic mass is 9.93. The van der Waals surface area contributed by atoms with Gasteiger partial charge < -0.3 is 30.7 Å². The maximum Gasteiger partial charge on any atom is 0.410 e. The van der Waals surface area contributed by atoms with Crippen molar-refractivity contribution in [3.05, 3.63) is 23.8 Å². The first-order valence-electron chi connectivity index (χ1n) is 9.73. The number of hydrogen-bond acceptors (Lipinski definition) is 5. The van der Waals surface area contributed by atoms with E-state index in [-0.39, 0.29) is 24.2 Å². The Bertz CT molecular complexity index is 749. The van der Waals surface area contributed by atoms with Gasteiger partial charge in [-0.1, -0.05) is 6.07 Å². The van der Waals surface area contributed by atoms with Gasteiger partial charge in [0.1, 0.15) is 11.4 Å². The Morgan fingerprint density at radius 3 is 2.86 bits per heavy atom. The van der Waals surface area contributed by atoms with Crippen molar-refractivity contribution < 1.29 is 14.3 Å². The zero-order valence-corrected chi connectivity index (χ0v) is 17.8. The number of hydrogen-bond donors (Lipinski definition) is 3. The van der Waals surface area contributed by atoms with Crippen LogP contribution in [0.3, 0.4) is 0 Å². The minimum atomic E-state index is -0.536. The lowest BCUT2D eigenvalue weighted by Crippen LogP contribution is -2.64. The Hall–Kier alpha value is -2.06. The van der Waals surface area contributed by atoms with Gasteiger partial charge >= 0.3 is 6.09 Å². The van der Waals surface area contributed by atoms with Crippen LogP contribution >= 0.6 is 12.2 Å². The maximum absolute atomic E-state index is 12.6. The second kappa shape index (κ2) is 8.13. The van der Waals surface area contributed by atoms with Gasteiger partial charge in [0.2, 0.25) is 0 Å². The largest absolute Gasteiger partial charge is 0.493 e. The van der Waals surface area contributed by atoms with Gasteiger partial charge in [0.05, 0.1) is 18.7 Å². The number of benzene rings is 1. The van der Waals surface area contributed by atoms with E-state index in [4.69, 9.17) is 27.4 Å². The number of ether oxygens (including phenoxy) is 2. The van der Waals surface area contributed by atoms with E-state index in [2.05, 4.69) is 10.6 Å². The van der Waals surface area contributed by atoms with Crippen molar-refractivity contribution in [1.29, 1.82) is 0 Å². The fraction of sp³-hybridized carbons (Fsp3) is 0.600. The van der Waals surface area contributed by atoms with Gasteiger partial charge in [0, 0.05) is 30.3 Å². The number of piperidine rings is 1. The molecule has 1 saturated heterocycles. The van der Waals surface area contributed by atoms with Crippen LogP contribution in [0.15, 0.2) is 18.2 Å². The number of rotatable bonds is 2. The van der Waals surface area contributed by atoms with Gasteiger partial charge in [-0.2, -0.15) is 0 Å². The molecule has 0 aromatic heterocycles. The van der Waals surface area contributed by atoms with Gasteiger partial charge in [-0.3, -0.25) is 0 Å². The molecule has 4 N–H and O–H groups in total. The fourth-order valence-electron chi connectivity index (χ4n) is 3.68. The van der Waals surface area contributed by atoms with E-state index in [1.165, 1.54) is 0 Å². The molecule has 0 saturated carbocycles. The number of fused-ring (bicyclic) bond motifs is 1. The maximum atomic E-state index is 12.6. The van der Waals surface area contributed by atoms with Gasteiger partial charge in [-0.15, -0.1) is 0 Å². The van der Waals surface area contributed by atoms with Crippen LogP contribution in [0.2, 0.25) is 0 Å². The summed E-state index contributed by atoms with van der Waals surface area (Å²) in [6.07, 6.45) is 1.21. The van der Waals surface area contributed by atoms with Crippen molar-refractivity contribution >= 4 is 29.1 Å². The zero-order chi connectivity index (χ0) is 20.5. The molecule has 1 aromatic carbocycles. The number of carbonyl (C=O) groups excluding carboxylic acids is 1. The molecule has 3 atom stereocenters. The van der Waals surface area contributed by atoms with E-state index in [1.807, 2.05) is 45.9 Å². The lowest BCUT2D eigenvalue weighted by molar-refractivity contribution is 0.00627. The summed E-state index contributed by atoms with van der Waals surface area (Å²) in [5.74, 6) is 0.895. The summed E-state index contributed by atoms with van der Waals surface area (Å²) in [6.45, 7) is 8.81. The molecule has 1 fully saturated rings. The Kier molecular flexibility index (Phi) is 6.00. The highest BCUT2D eigenvalue weighted by Crippen LogP contribution is 2.31. The topological polar surface area (TPSA) is 88.9 Å². The second-order valence-corrected chi connectivity index (χ2v) is 8.78. The third-order valence-electron chi connectivity index (χ3n) is 5.09. The van der Waals surface area contributed by atoms with E-state index in [1.54, 1.807) is 4.90 Å². The fourth-order valence-corrected chi connectivity index (χ4v) is 3.92. The summed E-state index contributed by atoms with van der Waals surface area (Å²) in [6, 6.07) is 5.45. The third kappa shape index (κ3) is 4.67. The van der Waals surface area contributed by atoms with Crippen LogP contribution in [-0.2, 0) is 11.2 Å². The summed E-state index contributed by atoms with van der Waals surface area (Å²) in [5, 5.41) is 7.06. The number of nitrogens with two attached hydrogens (primary N) is 1. The molecular weight excluding hydrogens is 376 g/mol. The highest BCUT2D eigenvalue weighted by atomic mass is 32.1. The second-order valence-electron chi connectivity index (χ2n) is 8.37. The molecule has 2 aliphatic rings. The van der Waals surface area contributed by atoms with Crippen LogP contribution < -0.4 is 21.1 Å². The lowest BCUT2D eigenvalue weighted by Gasteiger charge is -2.43. The number of likely N-dealkylation sites (tertiary alicyclic amines) is 1. The van der Waals surface area contributed by atoms with Gasteiger partial charge in [-0.05, 0) is 58.5 Å². The number of anilines is 1. The summed E-state index contributed by atoms with van der Waals surface area (Å²) in [7, 11) is 0. The Labute approximate surface area is 171 Å². The molecule has 0 unspecified atom stereocenters. The van der Waals surface area contributed by atoms with Crippen LogP contribution in [0.25, 0.3) is 0 Å². The minimum Gasteiger partial charge on any atom is -0.493 e. The molecule has 8 heteroatoms. The van der Waals surface area contributed by atoms with Gasteiger partial charge in [0.15, 0.2) is 5.11 Å². The Morgan fingerprint density at radius 2 is 2.14 bits per heavy atom. The molecule has 0 aliphatic carbocycles. The molecule has 1 aromatic rings. The summed E-state index contributed by atoms with van der Waals surface area (Å²) < 4.78 is 11.1. The van der Waals surface area contributed by atoms with Crippen molar-refractivity contribution in [3.63, 3.8) is 0 Å². The van der Waals surface area contributed by atoms with Crippen LogP contribution in [0.1, 0.15) is 39.7 Å². The summed E-state index contributed by atoms with van der Waals surface area (Å²) in [5.41, 5.74) is 7.87. The van der Waals surface area contributed by atoms with E-state index >= 15 is 0 Å². The predicted molar refractivity (Wildman–Crippen MR) is 114 cm³/mol. The average Bonchev–Trinajstić information content (AvgIpc) is 3.06. The van der Waals surface area contributed by atoms with Crippen LogP contribution in [0.4, 0.5) is 10.5 Å². The van der Waals surface area contributed by atoms with Crippen molar-refractivity contribution in [3.8, 4) is 5.75 Å². The number of thiocarbonyl (C=S) groups is 1. The number of nitrogens with one attached hydrogen (secondary N) is 2. The van der Waals surface area contributed by atoms with E-state index in [0.717, 1.165) is 23.4 Å². The van der Waals surface area contributed by atoms with Crippen molar-refractivity contribution in [1.82, 2.24) is 10.2 Å². The molecule has 0 spiro atoms. The van der Waals surface area contributed by atoms with Crippen molar-refractivity contribution in [2.45, 2.75) is 64.3 Å². The van der Waals surface area contributed by atoms with E-state index < -0.39 is 5.60 Å².